The fourth-order valence-electron chi connectivity index (χ4n) is 5.92. The van der Waals surface area contributed by atoms with Gasteiger partial charge in [-0.3, -0.25) is 19.3 Å². The molecular formula is C24H29N3O7. The Bertz CT molecular complexity index is 1200. The van der Waals surface area contributed by atoms with Gasteiger partial charge >= 0.3 is 0 Å². The van der Waals surface area contributed by atoms with Gasteiger partial charge in [-0.1, -0.05) is 13.0 Å². The summed E-state index contributed by atoms with van der Waals surface area (Å²) in [6.45, 7) is 1.93. The molecule has 0 aromatic heterocycles. The highest BCUT2D eigenvalue weighted by atomic mass is 16.3. The number of nitrogens with two attached hydrogens (primary N) is 2. The van der Waals surface area contributed by atoms with Gasteiger partial charge < -0.3 is 31.9 Å². The van der Waals surface area contributed by atoms with E-state index in [0.29, 0.717) is 17.5 Å². The first-order valence-electron chi connectivity index (χ1n) is 11.1. The van der Waals surface area contributed by atoms with E-state index in [9.17, 15) is 34.8 Å². The lowest BCUT2D eigenvalue weighted by Crippen LogP contribution is -2.65. The third kappa shape index (κ3) is 2.95. The van der Waals surface area contributed by atoms with Crippen LogP contribution in [-0.4, -0.2) is 68.5 Å². The second-order valence-corrected chi connectivity index (χ2v) is 9.42. The van der Waals surface area contributed by atoms with Crippen molar-refractivity contribution in [1.29, 1.82) is 0 Å². The van der Waals surface area contributed by atoms with Crippen LogP contribution in [0.15, 0.2) is 23.0 Å². The van der Waals surface area contributed by atoms with E-state index in [-0.39, 0.29) is 36.3 Å². The molecule has 0 heterocycles. The number of phenolic OH excluding ortho intramolecular Hbond substituents is 1. The number of Topliss-reactive ketones (excluding diaryl/α,β-unsaturated/α-hetero) is 2. The predicted octanol–water partition coefficient (Wildman–Crippen LogP) is -0.0149. The number of aromatic hydroxyl groups is 1. The van der Waals surface area contributed by atoms with Crippen LogP contribution in [0.25, 0.3) is 5.76 Å². The fraction of sp³-hybridized carbons (Fsp3) is 0.458. The van der Waals surface area contributed by atoms with Crippen molar-refractivity contribution in [2.24, 2.45) is 23.3 Å². The Balaban J connectivity index is 2.00. The SMILES string of the molecule is CCc1cc(CN)c(O)c2c1CC1CC3C(N(C)C)C(=O)C(C(N)=O)=C(O)C3(O)C(=O)C1=C2O. The summed E-state index contributed by atoms with van der Waals surface area (Å²) in [7, 11) is 3.13. The Morgan fingerprint density at radius 2 is 1.85 bits per heavy atom. The van der Waals surface area contributed by atoms with E-state index in [1.54, 1.807) is 20.2 Å². The zero-order valence-electron chi connectivity index (χ0n) is 19.3. The molecule has 0 radical (unpaired) electrons. The molecule has 1 amide bonds. The van der Waals surface area contributed by atoms with Crippen LogP contribution in [0.1, 0.15) is 35.6 Å². The number of aliphatic hydroxyl groups excluding tert-OH is 2. The van der Waals surface area contributed by atoms with E-state index in [1.165, 1.54) is 4.90 Å². The van der Waals surface area contributed by atoms with Gasteiger partial charge in [0, 0.05) is 23.6 Å². The number of aliphatic hydroxyl groups is 3. The molecule has 0 aliphatic heterocycles. The molecule has 0 bridgehead atoms. The topological polar surface area (TPSA) is 187 Å². The second kappa shape index (κ2) is 7.93. The highest BCUT2D eigenvalue weighted by Gasteiger charge is 2.64. The molecule has 182 valence electrons. The third-order valence-corrected chi connectivity index (χ3v) is 7.49. The lowest BCUT2D eigenvalue weighted by Gasteiger charge is -2.50. The van der Waals surface area contributed by atoms with Crippen LogP contribution >= 0.6 is 0 Å². The Labute approximate surface area is 196 Å². The number of amides is 1. The zero-order valence-corrected chi connectivity index (χ0v) is 19.3. The van der Waals surface area contributed by atoms with E-state index in [1.807, 2.05) is 6.92 Å². The van der Waals surface area contributed by atoms with Gasteiger partial charge in [-0.25, -0.2) is 0 Å². The van der Waals surface area contributed by atoms with E-state index < -0.39 is 58.0 Å². The first-order valence-corrected chi connectivity index (χ1v) is 11.1. The van der Waals surface area contributed by atoms with Crippen LogP contribution in [0.4, 0.5) is 0 Å². The van der Waals surface area contributed by atoms with Crippen LogP contribution in [-0.2, 0) is 33.8 Å². The summed E-state index contributed by atoms with van der Waals surface area (Å²) >= 11 is 0. The molecule has 3 aliphatic carbocycles. The second-order valence-electron chi connectivity index (χ2n) is 9.42. The maximum absolute atomic E-state index is 13.8. The Morgan fingerprint density at radius 1 is 1.21 bits per heavy atom. The lowest BCUT2D eigenvalue weighted by atomic mass is 9.57. The standard InChI is InChI=1S/C24H29N3O7/c1-4-9-5-11(8-25)18(28)15-12(9)6-10-7-13-17(27(2)3)20(30)16(23(26)33)22(32)24(13,34)21(31)14(10)19(15)29/h5,10,13,17,28-29,32,34H,4,6-8,25H2,1-3H3,(H2,26,33). The van der Waals surface area contributed by atoms with Gasteiger partial charge in [-0.05, 0) is 50.4 Å². The van der Waals surface area contributed by atoms with E-state index in [2.05, 4.69) is 0 Å². The van der Waals surface area contributed by atoms with E-state index in [4.69, 9.17) is 11.5 Å². The third-order valence-electron chi connectivity index (χ3n) is 7.49. The van der Waals surface area contributed by atoms with Crippen molar-refractivity contribution in [2.45, 2.75) is 44.4 Å². The molecule has 1 aromatic carbocycles. The van der Waals surface area contributed by atoms with Gasteiger partial charge in [0.25, 0.3) is 5.91 Å². The Kier molecular flexibility index (Phi) is 5.58. The minimum atomic E-state index is -2.64. The van der Waals surface area contributed by atoms with Crippen LogP contribution in [0.3, 0.4) is 0 Å². The summed E-state index contributed by atoms with van der Waals surface area (Å²) in [4.78, 5) is 40.3. The number of primary amides is 1. The van der Waals surface area contributed by atoms with Gasteiger partial charge in [0.1, 0.15) is 22.8 Å². The molecule has 0 saturated heterocycles. The Hall–Kier alpha value is -3.21. The van der Waals surface area contributed by atoms with Crippen LogP contribution < -0.4 is 11.5 Å². The molecule has 34 heavy (non-hydrogen) atoms. The number of fused-ring (bicyclic) bond motifs is 3. The molecular weight excluding hydrogens is 442 g/mol. The molecule has 4 unspecified atom stereocenters. The van der Waals surface area contributed by atoms with Crippen molar-refractivity contribution in [2.75, 3.05) is 14.1 Å². The fourth-order valence-corrected chi connectivity index (χ4v) is 5.92. The summed E-state index contributed by atoms with van der Waals surface area (Å²) < 4.78 is 0. The number of ketones is 2. The van der Waals surface area contributed by atoms with Crippen LogP contribution in [0, 0.1) is 11.8 Å². The molecule has 1 saturated carbocycles. The number of carbonyl (C=O) groups is 3. The molecule has 4 rings (SSSR count). The minimum Gasteiger partial charge on any atom is -0.508 e. The average Bonchev–Trinajstić information content (AvgIpc) is 2.76. The quantitative estimate of drug-likeness (QED) is 0.328. The van der Waals surface area contributed by atoms with Crippen molar-refractivity contribution in [1.82, 2.24) is 4.90 Å². The number of hydrogen-bond acceptors (Lipinski definition) is 9. The molecule has 0 spiro atoms. The number of carbonyl (C=O) groups excluding carboxylic acids is 3. The molecule has 10 nitrogen and oxygen atoms in total. The summed E-state index contributed by atoms with van der Waals surface area (Å²) in [6.07, 6.45) is 0.932. The van der Waals surface area contributed by atoms with E-state index >= 15 is 0 Å². The first-order chi connectivity index (χ1) is 15.9. The Morgan fingerprint density at radius 3 is 2.38 bits per heavy atom. The number of rotatable bonds is 4. The number of hydrogen-bond donors (Lipinski definition) is 6. The van der Waals surface area contributed by atoms with Crippen LogP contribution in [0.2, 0.25) is 0 Å². The monoisotopic (exact) mass is 471 g/mol. The number of nitrogens with zero attached hydrogens (tertiary/aromatic N) is 1. The largest absolute Gasteiger partial charge is 0.508 e. The molecule has 8 N–H and O–H groups in total. The van der Waals surface area contributed by atoms with E-state index in [0.717, 1.165) is 5.56 Å². The van der Waals surface area contributed by atoms with Gasteiger partial charge in [-0.15, -0.1) is 0 Å². The molecule has 1 aromatic rings. The minimum absolute atomic E-state index is 0.0102. The van der Waals surface area contributed by atoms with Crippen LogP contribution in [0.5, 0.6) is 5.75 Å². The van der Waals surface area contributed by atoms with Gasteiger partial charge in [-0.2, -0.15) is 0 Å². The average molecular weight is 472 g/mol. The summed E-state index contributed by atoms with van der Waals surface area (Å²) in [5, 5.41) is 44.4. The number of likely N-dealkylation sites (N-methyl/N-ethyl adjacent to an activating group) is 1. The van der Waals surface area contributed by atoms with Crippen molar-refractivity contribution in [3.05, 3.63) is 45.2 Å². The number of benzene rings is 1. The highest BCUT2D eigenvalue weighted by Crippen LogP contribution is 2.53. The van der Waals surface area contributed by atoms with Gasteiger partial charge in [0.15, 0.2) is 11.4 Å². The molecule has 10 heteroatoms. The maximum Gasteiger partial charge on any atom is 0.255 e. The number of phenols is 1. The van der Waals surface area contributed by atoms with Crippen molar-refractivity contribution in [3.63, 3.8) is 0 Å². The summed E-state index contributed by atoms with van der Waals surface area (Å²) in [5.74, 6) is -6.58. The highest BCUT2D eigenvalue weighted by molar-refractivity contribution is 6.24. The summed E-state index contributed by atoms with van der Waals surface area (Å²) in [5.41, 5.74) is 9.44. The molecule has 3 aliphatic rings. The molecule has 4 atom stereocenters. The van der Waals surface area contributed by atoms with Crippen molar-refractivity contribution < 1.29 is 34.8 Å². The smallest absolute Gasteiger partial charge is 0.255 e. The maximum atomic E-state index is 13.8. The van der Waals surface area contributed by atoms with Gasteiger partial charge in [0.05, 0.1) is 11.6 Å². The normalized spacial score (nSPS) is 28.7. The zero-order chi connectivity index (χ0) is 25.3. The summed E-state index contributed by atoms with van der Waals surface area (Å²) in [6, 6.07) is 0.671. The molecule has 1 fully saturated rings. The van der Waals surface area contributed by atoms with Crippen molar-refractivity contribution >= 4 is 23.2 Å². The lowest BCUT2D eigenvalue weighted by molar-refractivity contribution is -0.153. The first kappa shape index (κ1) is 23.9. The number of aryl methyl sites for hydroxylation is 1. The van der Waals surface area contributed by atoms with Gasteiger partial charge in [0.2, 0.25) is 5.78 Å². The van der Waals surface area contributed by atoms with Crippen molar-refractivity contribution in [3.8, 4) is 5.75 Å². The predicted molar refractivity (Wildman–Crippen MR) is 122 cm³/mol.